The van der Waals surface area contributed by atoms with Crippen LogP contribution < -0.4 is 10.5 Å². The van der Waals surface area contributed by atoms with Crippen LogP contribution in [0.15, 0.2) is 47.4 Å². The zero-order chi connectivity index (χ0) is 20.0. The van der Waals surface area contributed by atoms with Gasteiger partial charge in [-0.3, -0.25) is 9.20 Å². The largest absolute Gasteiger partial charge is 0.351 e. The summed E-state index contributed by atoms with van der Waals surface area (Å²) in [4.78, 5) is 29.9. The Hall–Kier alpha value is -3.06. The van der Waals surface area contributed by atoms with Crippen molar-refractivity contribution in [3.05, 3.63) is 85.3 Å². The van der Waals surface area contributed by atoms with E-state index in [0.717, 1.165) is 42.3 Å². The average molecular weight is 404 g/mol. The summed E-state index contributed by atoms with van der Waals surface area (Å²) in [5.74, 6) is 1.35. The normalized spacial score (nSPS) is 13.7. The van der Waals surface area contributed by atoms with Crippen molar-refractivity contribution in [1.29, 1.82) is 0 Å². The number of aromatic nitrogens is 4. The molecule has 0 saturated heterocycles. The highest BCUT2D eigenvalue weighted by Crippen LogP contribution is 2.30. The van der Waals surface area contributed by atoms with Crippen molar-refractivity contribution in [2.45, 2.75) is 33.2 Å². The molecule has 0 saturated carbocycles. The van der Waals surface area contributed by atoms with E-state index in [4.69, 9.17) is 9.97 Å². The summed E-state index contributed by atoms with van der Waals surface area (Å²) in [5.41, 5.74) is 4.06. The van der Waals surface area contributed by atoms with E-state index in [0.29, 0.717) is 11.5 Å². The fourth-order valence-corrected chi connectivity index (χ4v) is 4.99. The van der Waals surface area contributed by atoms with Gasteiger partial charge >= 0.3 is 0 Å². The summed E-state index contributed by atoms with van der Waals surface area (Å²) in [6.45, 7) is 5.47. The number of anilines is 1. The molecule has 0 aliphatic carbocycles. The van der Waals surface area contributed by atoms with Crippen molar-refractivity contribution in [2.24, 2.45) is 0 Å². The number of thiazole rings is 1. The molecule has 0 atom stereocenters. The number of hydrogen-bond donors (Lipinski definition) is 0. The van der Waals surface area contributed by atoms with Crippen molar-refractivity contribution in [3.8, 4) is 0 Å². The van der Waals surface area contributed by atoms with Gasteiger partial charge in [-0.25, -0.2) is 9.97 Å². The molecule has 1 aromatic carbocycles. The fourth-order valence-electron chi connectivity index (χ4n) is 3.82. The third kappa shape index (κ3) is 3.42. The van der Waals surface area contributed by atoms with Gasteiger partial charge in [0.1, 0.15) is 5.82 Å². The number of aryl methyl sites for hydroxylation is 2. The SMILES string of the molecule is Cc1cc(=O)n2cc(C)c(N3CCc4nc(Cc5ccccc5)sc4C3)nc2n1. The van der Waals surface area contributed by atoms with Crippen LogP contribution in [0.4, 0.5) is 5.82 Å². The summed E-state index contributed by atoms with van der Waals surface area (Å²) in [7, 11) is 0. The summed E-state index contributed by atoms with van der Waals surface area (Å²) < 4.78 is 1.52. The summed E-state index contributed by atoms with van der Waals surface area (Å²) >= 11 is 1.79. The van der Waals surface area contributed by atoms with E-state index in [9.17, 15) is 4.79 Å². The molecule has 0 fully saturated rings. The quantitative estimate of drug-likeness (QED) is 0.525. The van der Waals surface area contributed by atoms with Crippen LogP contribution in [0.3, 0.4) is 0 Å². The van der Waals surface area contributed by atoms with Crippen LogP contribution in [0.5, 0.6) is 0 Å². The smallest absolute Gasteiger partial charge is 0.259 e. The third-order valence-corrected chi connectivity index (χ3v) is 6.30. The van der Waals surface area contributed by atoms with Gasteiger partial charge in [-0.2, -0.15) is 4.98 Å². The van der Waals surface area contributed by atoms with Gasteiger partial charge < -0.3 is 4.90 Å². The van der Waals surface area contributed by atoms with E-state index >= 15 is 0 Å². The Balaban J connectivity index is 1.45. The predicted octanol–water partition coefficient (Wildman–Crippen LogP) is 3.32. The van der Waals surface area contributed by atoms with Crippen LogP contribution >= 0.6 is 11.3 Å². The van der Waals surface area contributed by atoms with Crippen molar-refractivity contribution in [2.75, 3.05) is 11.4 Å². The van der Waals surface area contributed by atoms with Crippen LogP contribution in [0.1, 0.15) is 32.4 Å². The first kappa shape index (κ1) is 18.0. The molecule has 6 nitrogen and oxygen atoms in total. The van der Waals surface area contributed by atoms with Crippen molar-refractivity contribution in [1.82, 2.24) is 19.4 Å². The maximum absolute atomic E-state index is 12.2. The Morgan fingerprint density at radius 2 is 1.93 bits per heavy atom. The highest BCUT2D eigenvalue weighted by molar-refractivity contribution is 7.11. The molecule has 5 rings (SSSR count). The van der Waals surface area contributed by atoms with Crippen molar-refractivity contribution < 1.29 is 0 Å². The number of hydrogen-bond acceptors (Lipinski definition) is 6. The molecule has 0 unspecified atom stereocenters. The maximum atomic E-state index is 12.2. The average Bonchev–Trinajstić information content (AvgIpc) is 3.10. The van der Waals surface area contributed by atoms with Gasteiger partial charge in [0, 0.05) is 47.8 Å². The molecule has 0 spiro atoms. The minimum absolute atomic E-state index is 0.0939. The molecule has 3 aromatic heterocycles. The molecule has 1 aliphatic heterocycles. The lowest BCUT2D eigenvalue weighted by atomic mass is 10.1. The first-order valence-corrected chi connectivity index (χ1v) is 10.5. The monoisotopic (exact) mass is 403 g/mol. The number of rotatable bonds is 3. The molecule has 29 heavy (non-hydrogen) atoms. The van der Waals surface area contributed by atoms with Gasteiger partial charge in [-0.15, -0.1) is 11.3 Å². The van der Waals surface area contributed by atoms with Crippen LogP contribution in [0.2, 0.25) is 0 Å². The Morgan fingerprint density at radius 1 is 1.10 bits per heavy atom. The summed E-state index contributed by atoms with van der Waals surface area (Å²) in [6.07, 6.45) is 3.62. The lowest BCUT2D eigenvalue weighted by molar-refractivity contribution is 0.712. The van der Waals surface area contributed by atoms with E-state index in [2.05, 4.69) is 34.1 Å². The number of benzene rings is 1. The first-order chi connectivity index (χ1) is 14.1. The van der Waals surface area contributed by atoms with Crippen LogP contribution in [-0.2, 0) is 19.4 Å². The molecule has 0 radical (unpaired) electrons. The van der Waals surface area contributed by atoms with Gasteiger partial charge in [-0.1, -0.05) is 30.3 Å². The fraction of sp³-hybridized carbons (Fsp3) is 0.273. The summed E-state index contributed by atoms with van der Waals surface area (Å²) in [5, 5.41) is 1.16. The van der Waals surface area contributed by atoms with Gasteiger partial charge in [0.15, 0.2) is 0 Å². The van der Waals surface area contributed by atoms with Crippen LogP contribution in [-0.4, -0.2) is 25.9 Å². The van der Waals surface area contributed by atoms with E-state index in [-0.39, 0.29) is 5.56 Å². The Labute approximate surface area is 172 Å². The second-order valence-corrected chi connectivity index (χ2v) is 8.63. The lowest BCUT2D eigenvalue weighted by Gasteiger charge is -2.28. The Kier molecular flexibility index (Phi) is 4.39. The molecule has 1 aliphatic rings. The molecule has 0 bridgehead atoms. The molecule has 146 valence electrons. The van der Waals surface area contributed by atoms with Gasteiger partial charge in [0.05, 0.1) is 17.2 Å². The van der Waals surface area contributed by atoms with Gasteiger partial charge in [0.2, 0.25) is 5.78 Å². The molecule has 4 aromatic rings. The van der Waals surface area contributed by atoms with Crippen LogP contribution in [0.25, 0.3) is 5.78 Å². The highest BCUT2D eigenvalue weighted by atomic mass is 32.1. The Bertz CT molecular complexity index is 1260. The lowest BCUT2D eigenvalue weighted by Crippen LogP contribution is -2.31. The van der Waals surface area contributed by atoms with Crippen LogP contribution in [0, 0.1) is 13.8 Å². The standard InChI is InChI=1S/C22H21N5OS/c1-14-12-27-20(28)10-15(2)23-22(27)25-21(14)26-9-8-17-18(13-26)29-19(24-17)11-16-6-4-3-5-7-16/h3-7,10,12H,8-9,11,13H2,1-2H3. The minimum atomic E-state index is -0.0939. The Morgan fingerprint density at radius 3 is 2.76 bits per heavy atom. The predicted molar refractivity (Wildman–Crippen MR) is 115 cm³/mol. The first-order valence-electron chi connectivity index (χ1n) is 9.71. The molecule has 0 N–H and O–H groups in total. The topological polar surface area (TPSA) is 63.4 Å². The zero-order valence-corrected chi connectivity index (χ0v) is 17.2. The van der Waals surface area contributed by atoms with Crippen molar-refractivity contribution >= 4 is 22.9 Å². The molecular formula is C22H21N5OS. The third-order valence-electron chi connectivity index (χ3n) is 5.22. The highest BCUT2D eigenvalue weighted by Gasteiger charge is 2.23. The van der Waals surface area contributed by atoms with E-state index in [1.807, 2.05) is 26.1 Å². The van der Waals surface area contributed by atoms with E-state index < -0.39 is 0 Å². The second-order valence-electron chi connectivity index (χ2n) is 7.46. The zero-order valence-electron chi connectivity index (χ0n) is 16.4. The van der Waals surface area contributed by atoms with Gasteiger partial charge in [0.25, 0.3) is 5.56 Å². The second kappa shape index (κ2) is 7.08. The minimum Gasteiger partial charge on any atom is -0.351 e. The molecule has 0 amide bonds. The van der Waals surface area contributed by atoms with E-state index in [1.165, 1.54) is 26.6 Å². The van der Waals surface area contributed by atoms with Gasteiger partial charge in [-0.05, 0) is 19.4 Å². The molecule has 7 heteroatoms. The molecule has 4 heterocycles. The number of fused-ring (bicyclic) bond motifs is 2. The number of nitrogens with zero attached hydrogens (tertiary/aromatic N) is 5. The summed E-state index contributed by atoms with van der Waals surface area (Å²) in [6, 6.07) is 12.0. The molecular weight excluding hydrogens is 382 g/mol. The van der Waals surface area contributed by atoms with E-state index in [1.54, 1.807) is 11.3 Å². The van der Waals surface area contributed by atoms with Crippen molar-refractivity contribution in [3.63, 3.8) is 0 Å². The maximum Gasteiger partial charge on any atom is 0.259 e.